The van der Waals surface area contributed by atoms with Gasteiger partial charge in [0.1, 0.15) is 0 Å². The van der Waals surface area contributed by atoms with Gasteiger partial charge in [0.2, 0.25) is 5.91 Å². The van der Waals surface area contributed by atoms with E-state index in [0.29, 0.717) is 16.6 Å². The van der Waals surface area contributed by atoms with Gasteiger partial charge in [0.15, 0.2) is 5.11 Å². The molecule has 1 amide bonds. The van der Waals surface area contributed by atoms with Crippen LogP contribution in [0.3, 0.4) is 0 Å². The lowest BCUT2D eigenvalue weighted by Crippen LogP contribution is -2.29. The molecule has 38 heavy (non-hydrogen) atoms. The van der Waals surface area contributed by atoms with Gasteiger partial charge in [-0.25, -0.2) is 0 Å². The van der Waals surface area contributed by atoms with E-state index in [2.05, 4.69) is 57.1 Å². The van der Waals surface area contributed by atoms with Crippen LogP contribution in [0.1, 0.15) is 53.6 Å². The lowest BCUT2D eigenvalue weighted by atomic mass is 9.96. The minimum absolute atomic E-state index is 0.0132. The van der Waals surface area contributed by atoms with Gasteiger partial charge in [0.05, 0.1) is 17.8 Å². The quantitative estimate of drug-likeness (QED) is 0.257. The second kappa shape index (κ2) is 10.6. The van der Waals surface area contributed by atoms with E-state index in [-0.39, 0.29) is 18.0 Å². The van der Waals surface area contributed by atoms with Gasteiger partial charge >= 0.3 is 0 Å². The fourth-order valence-electron chi connectivity index (χ4n) is 5.23. The zero-order valence-electron chi connectivity index (χ0n) is 21.8. The number of pyridine rings is 1. The van der Waals surface area contributed by atoms with E-state index in [4.69, 9.17) is 23.8 Å². The highest BCUT2D eigenvalue weighted by Crippen LogP contribution is 2.44. The minimum atomic E-state index is -0.156. The van der Waals surface area contributed by atoms with Crippen molar-refractivity contribution < 1.29 is 4.79 Å². The second-order valence-corrected chi connectivity index (χ2v) is 10.4. The van der Waals surface area contributed by atoms with E-state index in [1.54, 1.807) is 0 Å². The molecular weight excluding hydrogens is 514 g/mol. The highest BCUT2D eigenvalue weighted by atomic mass is 35.5. The van der Waals surface area contributed by atoms with Crippen LogP contribution in [0.15, 0.2) is 72.9 Å². The molecule has 1 aliphatic heterocycles. The predicted octanol–water partition coefficient (Wildman–Crippen LogP) is 6.98. The maximum atomic E-state index is 12.0. The summed E-state index contributed by atoms with van der Waals surface area (Å²) in [4.78, 5) is 18.8. The molecule has 1 fully saturated rings. The van der Waals surface area contributed by atoms with Crippen molar-refractivity contribution in [3.05, 3.63) is 106 Å². The summed E-state index contributed by atoms with van der Waals surface area (Å²) in [6.45, 7) is 8.08. The molecule has 1 saturated heterocycles. The lowest BCUT2D eigenvalue weighted by molar-refractivity contribution is -0.115. The lowest BCUT2D eigenvalue weighted by Gasteiger charge is -2.29. The summed E-state index contributed by atoms with van der Waals surface area (Å²) in [7, 11) is 0. The molecule has 2 N–H and O–H groups in total. The van der Waals surface area contributed by atoms with Gasteiger partial charge in [-0.2, -0.15) is 0 Å². The molecule has 0 spiro atoms. The van der Waals surface area contributed by atoms with E-state index in [0.717, 1.165) is 45.3 Å². The number of carbonyl (C=O) groups is 1. The normalized spacial score (nSPS) is 17.0. The summed E-state index contributed by atoms with van der Waals surface area (Å²) >= 11 is 12.3. The van der Waals surface area contributed by atoms with E-state index in [1.165, 1.54) is 0 Å². The molecule has 0 aliphatic carbocycles. The number of amides is 1. The number of hydrogen-bond acceptors (Lipinski definition) is 3. The Hall–Kier alpha value is -3.68. The van der Waals surface area contributed by atoms with Crippen LogP contribution < -0.4 is 15.5 Å². The van der Waals surface area contributed by atoms with Gasteiger partial charge in [0.25, 0.3) is 0 Å². The number of aryl methyl sites for hydroxylation is 2. The van der Waals surface area contributed by atoms with Crippen molar-refractivity contribution >= 4 is 46.2 Å². The summed E-state index contributed by atoms with van der Waals surface area (Å²) in [6, 6.07) is 21.8. The maximum absolute atomic E-state index is 12.0. The molecule has 4 aromatic rings. The van der Waals surface area contributed by atoms with Crippen molar-refractivity contribution in [3.8, 4) is 5.69 Å². The number of hydrogen-bond donors (Lipinski definition) is 2. The standard InChI is InChI=1S/C30H30ClN5OS/c1-5-27(37)33-25-13-12-23(15-18(25)2)36-29(28(34-30(36)38)26-11-6-7-14-32-26)24-16-19(3)35(20(24)4)22-10-8-9-21(31)17-22/h6-17,28-29H,5H2,1-4H3,(H,33,37)(H,34,38)/t28-,29-/m1/s1. The van der Waals surface area contributed by atoms with Crippen molar-refractivity contribution in [1.29, 1.82) is 0 Å². The Labute approximate surface area is 233 Å². The molecule has 2 aromatic carbocycles. The summed E-state index contributed by atoms with van der Waals surface area (Å²) in [5.74, 6) is -0.0132. The van der Waals surface area contributed by atoms with Crippen molar-refractivity contribution in [2.75, 3.05) is 10.2 Å². The van der Waals surface area contributed by atoms with Crippen LogP contribution in [-0.4, -0.2) is 20.6 Å². The number of aromatic nitrogens is 2. The molecule has 2 aromatic heterocycles. The molecule has 6 nitrogen and oxygen atoms in total. The van der Waals surface area contributed by atoms with E-state index >= 15 is 0 Å². The summed E-state index contributed by atoms with van der Waals surface area (Å²) in [5.41, 5.74) is 8.00. The first kappa shape index (κ1) is 25.9. The number of carbonyl (C=O) groups excluding carboxylic acids is 1. The molecule has 1 aliphatic rings. The molecule has 8 heteroatoms. The van der Waals surface area contributed by atoms with E-state index < -0.39 is 0 Å². The predicted molar refractivity (Wildman–Crippen MR) is 158 cm³/mol. The Balaban J connectivity index is 1.64. The zero-order valence-corrected chi connectivity index (χ0v) is 23.4. The molecule has 0 bridgehead atoms. The average molecular weight is 544 g/mol. The van der Waals surface area contributed by atoms with Crippen molar-refractivity contribution in [1.82, 2.24) is 14.9 Å². The highest BCUT2D eigenvalue weighted by Gasteiger charge is 2.42. The third-order valence-electron chi connectivity index (χ3n) is 7.04. The first-order valence-corrected chi connectivity index (χ1v) is 13.4. The molecule has 0 saturated carbocycles. The van der Waals surface area contributed by atoms with Crippen LogP contribution in [0.2, 0.25) is 5.02 Å². The Bertz CT molecular complexity index is 1520. The molecule has 3 heterocycles. The van der Waals surface area contributed by atoms with E-state index in [9.17, 15) is 4.79 Å². The molecule has 0 radical (unpaired) electrons. The van der Waals surface area contributed by atoms with Gasteiger partial charge in [-0.3, -0.25) is 9.78 Å². The summed E-state index contributed by atoms with van der Waals surface area (Å²) in [5, 5.41) is 7.84. The number of nitrogens with zero attached hydrogens (tertiary/aromatic N) is 3. The monoisotopic (exact) mass is 543 g/mol. The number of nitrogens with one attached hydrogen (secondary N) is 2. The van der Waals surface area contributed by atoms with Crippen LogP contribution in [0.4, 0.5) is 11.4 Å². The topological polar surface area (TPSA) is 62.2 Å². The molecule has 0 unspecified atom stereocenters. The molecule has 2 atom stereocenters. The number of rotatable bonds is 6. The Kier molecular flexibility index (Phi) is 7.23. The maximum Gasteiger partial charge on any atom is 0.224 e. The Morgan fingerprint density at radius 1 is 1.05 bits per heavy atom. The van der Waals surface area contributed by atoms with Crippen LogP contribution in [0.25, 0.3) is 5.69 Å². The second-order valence-electron chi connectivity index (χ2n) is 9.54. The number of anilines is 2. The largest absolute Gasteiger partial charge is 0.351 e. The van der Waals surface area contributed by atoms with Crippen molar-refractivity contribution in [2.24, 2.45) is 0 Å². The SMILES string of the molecule is CCC(=O)Nc1ccc(N2C(=S)N[C@H](c3ccccn3)[C@H]2c2cc(C)n(-c3cccc(Cl)c3)c2C)cc1C. The first-order valence-electron chi connectivity index (χ1n) is 12.6. The fraction of sp³-hybridized carbons (Fsp3) is 0.233. The average Bonchev–Trinajstić information content (AvgIpc) is 3.40. The zero-order chi connectivity index (χ0) is 27.0. The van der Waals surface area contributed by atoms with Crippen molar-refractivity contribution in [2.45, 2.75) is 46.2 Å². The van der Waals surface area contributed by atoms with Gasteiger partial charge in [0, 0.05) is 46.1 Å². The Morgan fingerprint density at radius 3 is 2.55 bits per heavy atom. The number of thiocarbonyl (C=S) groups is 1. The third kappa shape index (κ3) is 4.79. The summed E-state index contributed by atoms with van der Waals surface area (Å²) in [6.07, 6.45) is 2.24. The minimum Gasteiger partial charge on any atom is -0.351 e. The van der Waals surface area contributed by atoms with Crippen LogP contribution in [0, 0.1) is 20.8 Å². The highest BCUT2D eigenvalue weighted by molar-refractivity contribution is 7.80. The number of benzene rings is 2. The molecule has 194 valence electrons. The summed E-state index contributed by atoms with van der Waals surface area (Å²) < 4.78 is 2.23. The fourth-order valence-corrected chi connectivity index (χ4v) is 5.76. The molecular formula is C30H30ClN5OS. The Morgan fingerprint density at radius 2 is 1.87 bits per heavy atom. The van der Waals surface area contributed by atoms with Crippen molar-refractivity contribution in [3.63, 3.8) is 0 Å². The van der Waals surface area contributed by atoms with Crippen LogP contribution >= 0.6 is 23.8 Å². The third-order valence-corrected chi connectivity index (χ3v) is 7.59. The van der Waals surface area contributed by atoms with Crippen LogP contribution in [0.5, 0.6) is 0 Å². The smallest absolute Gasteiger partial charge is 0.224 e. The number of halogens is 1. The first-order chi connectivity index (χ1) is 18.3. The van der Waals surface area contributed by atoms with Crippen LogP contribution in [-0.2, 0) is 4.79 Å². The van der Waals surface area contributed by atoms with Gasteiger partial charge < -0.3 is 20.1 Å². The van der Waals surface area contributed by atoms with Gasteiger partial charge in [-0.15, -0.1) is 0 Å². The van der Waals surface area contributed by atoms with E-state index in [1.807, 2.05) is 68.6 Å². The van der Waals surface area contributed by atoms with Gasteiger partial charge in [-0.05, 0) is 98.7 Å². The molecule has 5 rings (SSSR count). The van der Waals surface area contributed by atoms with Gasteiger partial charge in [-0.1, -0.05) is 30.7 Å².